The summed E-state index contributed by atoms with van der Waals surface area (Å²) in [4.78, 5) is 17.8. The van der Waals surface area contributed by atoms with E-state index in [9.17, 15) is 14.3 Å². The fourth-order valence-electron chi connectivity index (χ4n) is 2.93. The van der Waals surface area contributed by atoms with E-state index in [0.717, 1.165) is 0 Å². The topological polar surface area (TPSA) is 67.3 Å². The number of rotatable bonds is 6. The molecule has 1 amide bonds. The summed E-state index contributed by atoms with van der Waals surface area (Å²) in [5.74, 6) is -0.361. The van der Waals surface area contributed by atoms with Crippen molar-refractivity contribution in [3.05, 3.63) is 35.6 Å². The zero-order valence-corrected chi connectivity index (χ0v) is 14.1. The molecule has 1 aromatic rings. The lowest BCUT2D eigenvalue weighted by Crippen LogP contribution is -2.42. The minimum absolute atomic E-state index is 0.0338. The van der Waals surface area contributed by atoms with Crippen molar-refractivity contribution in [2.75, 3.05) is 52.9 Å². The smallest absolute Gasteiger partial charge is 0.236 e. The molecular weight excluding hydrogens is 313 g/mol. The van der Waals surface area contributed by atoms with Crippen molar-refractivity contribution in [2.24, 2.45) is 0 Å². The molecule has 1 aromatic carbocycles. The maximum absolute atomic E-state index is 13.7. The van der Waals surface area contributed by atoms with Crippen molar-refractivity contribution in [3.8, 4) is 0 Å². The van der Waals surface area contributed by atoms with E-state index in [2.05, 4.69) is 0 Å². The highest BCUT2D eigenvalue weighted by molar-refractivity contribution is 5.78. The van der Waals surface area contributed by atoms with Gasteiger partial charge in [-0.15, -0.1) is 0 Å². The molecule has 0 saturated carbocycles. The average Bonchev–Trinajstić information content (AvgIpc) is 2.71. The van der Waals surface area contributed by atoms with Crippen molar-refractivity contribution in [1.82, 2.24) is 14.7 Å². The van der Waals surface area contributed by atoms with E-state index in [0.29, 0.717) is 38.3 Å². The van der Waals surface area contributed by atoms with Gasteiger partial charge in [0.15, 0.2) is 0 Å². The summed E-state index contributed by atoms with van der Waals surface area (Å²) >= 11 is 0. The van der Waals surface area contributed by atoms with Crippen LogP contribution in [0.3, 0.4) is 0 Å². The third-order valence-corrected chi connectivity index (χ3v) is 4.16. The van der Waals surface area contributed by atoms with Crippen LogP contribution in [-0.4, -0.2) is 89.8 Å². The van der Waals surface area contributed by atoms with Crippen molar-refractivity contribution in [3.63, 3.8) is 0 Å². The summed E-state index contributed by atoms with van der Waals surface area (Å²) in [6.45, 7) is 2.93. The number of amides is 1. The van der Waals surface area contributed by atoms with Crippen LogP contribution in [0.1, 0.15) is 5.56 Å². The Kier molecular flexibility index (Phi) is 7.11. The van der Waals surface area contributed by atoms with Gasteiger partial charge >= 0.3 is 0 Å². The molecular formula is C17H26FN3O3. The lowest BCUT2D eigenvalue weighted by molar-refractivity contribution is -0.133. The maximum atomic E-state index is 13.7. The van der Waals surface area contributed by atoms with Crippen LogP contribution in [0.2, 0.25) is 0 Å². The monoisotopic (exact) mass is 339 g/mol. The number of aliphatic hydroxyl groups excluding tert-OH is 2. The van der Waals surface area contributed by atoms with E-state index in [-0.39, 0.29) is 31.4 Å². The van der Waals surface area contributed by atoms with E-state index in [1.165, 1.54) is 6.07 Å². The summed E-state index contributed by atoms with van der Waals surface area (Å²) in [5, 5.41) is 19.0. The van der Waals surface area contributed by atoms with Crippen LogP contribution >= 0.6 is 0 Å². The first-order valence-electron chi connectivity index (χ1n) is 8.20. The summed E-state index contributed by atoms with van der Waals surface area (Å²) in [6.07, 6.45) is -0.625. The van der Waals surface area contributed by atoms with Crippen LogP contribution in [0, 0.1) is 5.82 Å². The number of likely N-dealkylation sites (N-methyl/N-ethyl adjacent to an activating group) is 1. The zero-order chi connectivity index (χ0) is 17.5. The minimum Gasteiger partial charge on any atom is -0.395 e. The molecule has 6 nitrogen and oxygen atoms in total. The predicted molar refractivity (Wildman–Crippen MR) is 88.8 cm³/mol. The molecule has 1 atom stereocenters. The summed E-state index contributed by atoms with van der Waals surface area (Å²) in [6, 6.07) is 6.53. The summed E-state index contributed by atoms with van der Waals surface area (Å²) in [7, 11) is 1.77. The van der Waals surface area contributed by atoms with Gasteiger partial charge in [0.1, 0.15) is 5.82 Å². The van der Waals surface area contributed by atoms with Gasteiger partial charge in [0.05, 0.1) is 19.3 Å². The molecule has 2 N–H and O–H groups in total. The van der Waals surface area contributed by atoms with Crippen LogP contribution in [0.15, 0.2) is 24.3 Å². The first kappa shape index (κ1) is 18.8. The summed E-state index contributed by atoms with van der Waals surface area (Å²) in [5.41, 5.74) is 0.554. The van der Waals surface area contributed by atoms with E-state index < -0.39 is 6.10 Å². The Morgan fingerprint density at radius 1 is 1.33 bits per heavy atom. The molecule has 1 aliphatic heterocycles. The molecule has 1 heterocycles. The highest BCUT2D eigenvalue weighted by atomic mass is 19.1. The van der Waals surface area contributed by atoms with Gasteiger partial charge < -0.3 is 15.1 Å². The zero-order valence-electron chi connectivity index (χ0n) is 14.1. The molecule has 1 aliphatic rings. The highest BCUT2D eigenvalue weighted by Gasteiger charge is 2.24. The van der Waals surface area contributed by atoms with Gasteiger partial charge in [-0.2, -0.15) is 0 Å². The largest absolute Gasteiger partial charge is 0.395 e. The SMILES string of the molecule is CN(CC(=O)N1CCN(CCO)C[C@H](O)C1)Cc1ccccc1F. The number of hydrogen-bond donors (Lipinski definition) is 2. The molecule has 0 spiro atoms. The van der Waals surface area contributed by atoms with Crippen molar-refractivity contribution in [1.29, 1.82) is 0 Å². The number of hydrogen-bond acceptors (Lipinski definition) is 5. The average molecular weight is 339 g/mol. The molecule has 1 saturated heterocycles. The number of halogens is 1. The second-order valence-corrected chi connectivity index (χ2v) is 6.28. The first-order valence-corrected chi connectivity index (χ1v) is 8.20. The Bertz CT molecular complexity index is 544. The molecule has 7 heteroatoms. The fraction of sp³-hybridized carbons (Fsp3) is 0.588. The number of carbonyl (C=O) groups is 1. The Morgan fingerprint density at radius 3 is 2.79 bits per heavy atom. The van der Waals surface area contributed by atoms with E-state index in [1.807, 2.05) is 4.90 Å². The van der Waals surface area contributed by atoms with Gasteiger partial charge in [-0.25, -0.2) is 4.39 Å². The van der Waals surface area contributed by atoms with Gasteiger partial charge in [-0.05, 0) is 13.1 Å². The van der Waals surface area contributed by atoms with Crippen LogP contribution in [0.4, 0.5) is 4.39 Å². The van der Waals surface area contributed by atoms with Crippen molar-refractivity contribution < 1.29 is 19.4 Å². The van der Waals surface area contributed by atoms with Crippen molar-refractivity contribution >= 4 is 5.91 Å². The number of nitrogens with zero attached hydrogens (tertiary/aromatic N) is 3. The second kappa shape index (κ2) is 9.08. The normalized spacial score (nSPS) is 19.5. The van der Waals surface area contributed by atoms with Crippen LogP contribution in [-0.2, 0) is 11.3 Å². The number of aliphatic hydroxyl groups is 2. The number of β-amino-alcohol motifs (C(OH)–C–C–N with tert-alkyl or cyclic N) is 2. The van der Waals surface area contributed by atoms with E-state index in [1.54, 1.807) is 35.0 Å². The fourth-order valence-corrected chi connectivity index (χ4v) is 2.93. The van der Waals surface area contributed by atoms with Crippen molar-refractivity contribution in [2.45, 2.75) is 12.6 Å². The highest BCUT2D eigenvalue weighted by Crippen LogP contribution is 2.10. The van der Waals surface area contributed by atoms with Crippen LogP contribution < -0.4 is 0 Å². The van der Waals surface area contributed by atoms with E-state index >= 15 is 0 Å². The first-order chi connectivity index (χ1) is 11.5. The van der Waals surface area contributed by atoms with Gasteiger partial charge in [-0.3, -0.25) is 14.6 Å². The number of benzene rings is 1. The molecule has 0 radical (unpaired) electrons. The van der Waals surface area contributed by atoms with Gasteiger partial charge in [0, 0.05) is 44.8 Å². The predicted octanol–water partition coefficient (Wildman–Crippen LogP) is -0.245. The van der Waals surface area contributed by atoms with Gasteiger partial charge in [0.25, 0.3) is 0 Å². The van der Waals surface area contributed by atoms with Crippen LogP contribution in [0.25, 0.3) is 0 Å². The Balaban J connectivity index is 1.88. The quantitative estimate of drug-likeness (QED) is 0.749. The standard InChI is InChI=1S/C17H26FN3O3/c1-19(10-14-4-2-3-5-16(14)18)13-17(24)21-7-6-20(8-9-22)11-15(23)12-21/h2-5,15,22-23H,6-13H2,1H3/t15-/m0/s1. The Hall–Kier alpha value is -1.54. The molecule has 0 aromatic heterocycles. The molecule has 24 heavy (non-hydrogen) atoms. The maximum Gasteiger partial charge on any atom is 0.236 e. The Labute approximate surface area is 142 Å². The molecule has 1 fully saturated rings. The van der Waals surface area contributed by atoms with Gasteiger partial charge in [0.2, 0.25) is 5.91 Å². The molecule has 0 aliphatic carbocycles. The minimum atomic E-state index is -0.625. The molecule has 0 unspecified atom stereocenters. The van der Waals surface area contributed by atoms with Gasteiger partial charge in [-0.1, -0.05) is 18.2 Å². The van der Waals surface area contributed by atoms with E-state index in [4.69, 9.17) is 5.11 Å². The molecule has 2 rings (SSSR count). The molecule has 134 valence electrons. The number of carbonyl (C=O) groups excluding carboxylic acids is 1. The third kappa shape index (κ3) is 5.52. The molecule has 0 bridgehead atoms. The second-order valence-electron chi connectivity index (χ2n) is 6.28. The lowest BCUT2D eigenvalue weighted by atomic mass is 10.2. The van der Waals surface area contributed by atoms with Crippen LogP contribution in [0.5, 0.6) is 0 Å². The third-order valence-electron chi connectivity index (χ3n) is 4.16. The lowest BCUT2D eigenvalue weighted by Gasteiger charge is -2.25. The summed E-state index contributed by atoms with van der Waals surface area (Å²) < 4.78 is 13.7. The Morgan fingerprint density at radius 2 is 2.08 bits per heavy atom.